The largest absolute Gasteiger partial charge is 0.493 e. The number of ether oxygens (including phenoxy) is 2. The summed E-state index contributed by atoms with van der Waals surface area (Å²) >= 11 is 12.4. The fraction of sp³-hybridized carbons (Fsp3) is 0.286. The minimum Gasteiger partial charge on any atom is -0.493 e. The Labute approximate surface area is 153 Å². The van der Waals surface area contributed by atoms with Crippen LogP contribution in [0.25, 0.3) is 0 Å². The van der Waals surface area contributed by atoms with Crippen LogP contribution in [0.1, 0.15) is 16.5 Å². The fourth-order valence-corrected chi connectivity index (χ4v) is 4.82. The molecule has 0 spiro atoms. The zero-order valence-electron chi connectivity index (χ0n) is 11.7. The summed E-state index contributed by atoms with van der Waals surface area (Å²) in [5, 5.41) is 3.35. The van der Waals surface area contributed by atoms with Gasteiger partial charge in [0.2, 0.25) is 0 Å². The third-order valence-electron chi connectivity index (χ3n) is 3.05. The van der Waals surface area contributed by atoms with E-state index in [9.17, 15) is 0 Å². The molecule has 1 N–H and O–H groups in total. The fourth-order valence-electron chi connectivity index (χ4n) is 2.05. The van der Waals surface area contributed by atoms with E-state index in [0.29, 0.717) is 11.5 Å². The molecule has 0 saturated carbocycles. The Balaban J connectivity index is 2.51. The van der Waals surface area contributed by atoms with Crippen molar-refractivity contribution in [3.05, 3.63) is 41.4 Å². The zero-order chi connectivity index (χ0) is 15.6. The maximum atomic E-state index is 5.40. The molecule has 1 heterocycles. The summed E-state index contributed by atoms with van der Waals surface area (Å²) in [6.07, 6.45) is 0. The molecule has 1 unspecified atom stereocenters. The van der Waals surface area contributed by atoms with Crippen LogP contribution in [0.2, 0.25) is 0 Å². The minimum absolute atomic E-state index is 0.0618. The average Bonchev–Trinajstić information content (AvgIpc) is 2.80. The van der Waals surface area contributed by atoms with Crippen molar-refractivity contribution >= 4 is 59.1 Å². The second-order valence-electron chi connectivity index (χ2n) is 4.22. The van der Waals surface area contributed by atoms with Gasteiger partial charge >= 0.3 is 0 Å². The van der Waals surface area contributed by atoms with Crippen molar-refractivity contribution in [2.24, 2.45) is 0 Å². The third kappa shape index (κ3) is 3.64. The first-order valence-corrected chi connectivity index (χ1v) is 9.24. The maximum absolute atomic E-state index is 5.40. The first-order chi connectivity index (χ1) is 10.0. The van der Waals surface area contributed by atoms with Crippen LogP contribution >= 0.6 is 59.1 Å². The van der Waals surface area contributed by atoms with Gasteiger partial charge in [-0.1, -0.05) is 15.9 Å². The normalized spacial score (nSPS) is 12.3. The highest BCUT2D eigenvalue weighted by atomic mass is 79.9. The van der Waals surface area contributed by atoms with E-state index in [-0.39, 0.29) is 6.04 Å². The highest BCUT2D eigenvalue weighted by Crippen LogP contribution is 2.42. The molecule has 0 bridgehead atoms. The van der Waals surface area contributed by atoms with Crippen molar-refractivity contribution < 1.29 is 9.47 Å². The van der Waals surface area contributed by atoms with Gasteiger partial charge in [0.25, 0.3) is 0 Å². The SMILES string of the molecule is CNC(c1cc(Br)c(Br)s1)c1cc(OC)c(OC)cc1Br. The average molecular weight is 500 g/mol. The number of thiophene rings is 1. The van der Waals surface area contributed by atoms with Crippen LogP contribution in [-0.2, 0) is 0 Å². The molecule has 0 fully saturated rings. The van der Waals surface area contributed by atoms with Gasteiger partial charge in [-0.2, -0.15) is 0 Å². The molecule has 2 aromatic rings. The van der Waals surface area contributed by atoms with E-state index in [1.165, 1.54) is 4.88 Å². The molecule has 114 valence electrons. The van der Waals surface area contributed by atoms with Crippen molar-refractivity contribution in [1.29, 1.82) is 0 Å². The molecular weight excluding hydrogens is 486 g/mol. The number of nitrogens with one attached hydrogen (secondary N) is 1. The number of benzene rings is 1. The lowest BCUT2D eigenvalue weighted by molar-refractivity contribution is 0.354. The molecule has 7 heteroatoms. The minimum atomic E-state index is 0.0618. The van der Waals surface area contributed by atoms with E-state index < -0.39 is 0 Å². The van der Waals surface area contributed by atoms with E-state index in [2.05, 4.69) is 59.2 Å². The van der Waals surface area contributed by atoms with Crippen LogP contribution < -0.4 is 14.8 Å². The molecule has 3 nitrogen and oxygen atoms in total. The monoisotopic (exact) mass is 497 g/mol. The predicted molar refractivity (Wildman–Crippen MR) is 97.9 cm³/mol. The number of hydrogen-bond donors (Lipinski definition) is 1. The summed E-state index contributed by atoms with van der Waals surface area (Å²) < 4.78 is 13.8. The van der Waals surface area contributed by atoms with Gasteiger partial charge < -0.3 is 14.8 Å². The lowest BCUT2D eigenvalue weighted by Gasteiger charge is -2.19. The summed E-state index contributed by atoms with van der Waals surface area (Å²) in [5.41, 5.74) is 1.09. The summed E-state index contributed by atoms with van der Waals surface area (Å²) in [7, 11) is 5.21. The van der Waals surface area contributed by atoms with E-state index in [0.717, 1.165) is 18.3 Å². The molecule has 21 heavy (non-hydrogen) atoms. The first kappa shape index (κ1) is 17.3. The van der Waals surface area contributed by atoms with Crippen LogP contribution in [-0.4, -0.2) is 21.3 Å². The van der Waals surface area contributed by atoms with Gasteiger partial charge in [0.1, 0.15) is 0 Å². The van der Waals surface area contributed by atoms with Gasteiger partial charge in [0, 0.05) is 13.8 Å². The number of hydrogen-bond acceptors (Lipinski definition) is 4. The summed E-state index contributed by atoms with van der Waals surface area (Å²) in [6, 6.07) is 6.09. The molecular formula is C14H14Br3NO2S. The van der Waals surface area contributed by atoms with Crippen molar-refractivity contribution in [2.45, 2.75) is 6.04 Å². The Morgan fingerprint density at radius 2 is 1.62 bits per heavy atom. The van der Waals surface area contributed by atoms with Crippen molar-refractivity contribution in [2.75, 3.05) is 21.3 Å². The Hall–Kier alpha value is -0.0800. The maximum Gasteiger partial charge on any atom is 0.161 e. The Kier molecular flexibility index (Phi) is 6.14. The van der Waals surface area contributed by atoms with E-state index in [1.54, 1.807) is 25.6 Å². The van der Waals surface area contributed by atoms with E-state index in [4.69, 9.17) is 9.47 Å². The molecule has 0 saturated heterocycles. The molecule has 1 atom stereocenters. The van der Waals surface area contributed by atoms with Crippen LogP contribution in [0.4, 0.5) is 0 Å². The van der Waals surface area contributed by atoms with Gasteiger partial charge in [0.15, 0.2) is 11.5 Å². The molecule has 0 radical (unpaired) electrons. The quantitative estimate of drug-likeness (QED) is 0.600. The van der Waals surface area contributed by atoms with Gasteiger partial charge in [-0.05, 0) is 62.7 Å². The smallest absolute Gasteiger partial charge is 0.161 e. The predicted octanol–water partition coefficient (Wildman–Crippen LogP) is 5.36. The topological polar surface area (TPSA) is 30.5 Å². The Bertz CT molecular complexity index is 626. The van der Waals surface area contributed by atoms with Gasteiger partial charge in [-0.15, -0.1) is 11.3 Å². The summed E-state index contributed by atoms with van der Waals surface area (Å²) in [4.78, 5) is 1.20. The first-order valence-electron chi connectivity index (χ1n) is 6.05. The standard InChI is InChI=1S/C14H14Br3NO2S/c1-18-13(12-6-9(16)14(17)21-12)7-4-10(19-2)11(20-3)5-8(7)15/h4-6,13,18H,1-3H3. The lowest BCUT2D eigenvalue weighted by Crippen LogP contribution is -2.17. The van der Waals surface area contributed by atoms with E-state index in [1.807, 2.05) is 19.2 Å². The third-order valence-corrected chi connectivity index (χ3v) is 7.06. The number of methoxy groups -OCH3 is 2. The van der Waals surface area contributed by atoms with Crippen LogP contribution in [0.5, 0.6) is 11.5 Å². The highest BCUT2D eigenvalue weighted by Gasteiger charge is 2.21. The molecule has 0 aliphatic rings. The van der Waals surface area contributed by atoms with Crippen molar-refractivity contribution in [1.82, 2.24) is 5.32 Å². The summed E-state index contributed by atoms with van der Waals surface area (Å²) in [5.74, 6) is 1.42. The molecule has 1 aromatic carbocycles. The number of halogens is 3. The number of rotatable bonds is 5. The highest BCUT2D eigenvalue weighted by molar-refractivity contribution is 9.13. The van der Waals surface area contributed by atoms with Crippen LogP contribution in [0, 0.1) is 0 Å². The van der Waals surface area contributed by atoms with E-state index >= 15 is 0 Å². The Morgan fingerprint density at radius 3 is 2.10 bits per heavy atom. The summed E-state index contributed by atoms with van der Waals surface area (Å²) in [6.45, 7) is 0. The van der Waals surface area contributed by atoms with Crippen molar-refractivity contribution in [3.8, 4) is 11.5 Å². The Morgan fingerprint density at radius 1 is 1.00 bits per heavy atom. The molecule has 2 rings (SSSR count). The molecule has 1 aromatic heterocycles. The lowest BCUT2D eigenvalue weighted by atomic mass is 10.0. The zero-order valence-corrected chi connectivity index (χ0v) is 17.2. The van der Waals surface area contributed by atoms with Gasteiger partial charge in [0.05, 0.1) is 24.0 Å². The molecule has 0 aliphatic heterocycles. The molecule has 0 amide bonds. The van der Waals surface area contributed by atoms with Gasteiger partial charge in [-0.3, -0.25) is 0 Å². The van der Waals surface area contributed by atoms with Crippen LogP contribution in [0.15, 0.2) is 30.9 Å². The second-order valence-corrected chi connectivity index (χ2v) is 8.33. The van der Waals surface area contributed by atoms with Crippen molar-refractivity contribution in [3.63, 3.8) is 0 Å². The van der Waals surface area contributed by atoms with Gasteiger partial charge in [-0.25, -0.2) is 0 Å². The second kappa shape index (κ2) is 7.46. The van der Waals surface area contributed by atoms with Crippen LogP contribution in [0.3, 0.4) is 0 Å². The molecule has 0 aliphatic carbocycles.